The van der Waals surface area contributed by atoms with Crippen LogP contribution in [0.5, 0.6) is 5.75 Å². The Morgan fingerprint density at radius 2 is 1.95 bits per heavy atom. The molecule has 216 valence electrons. The molecule has 2 aliphatic heterocycles. The van der Waals surface area contributed by atoms with Gasteiger partial charge >= 0.3 is 7.12 Å². The lowest BCUT2D eigenvalue weighted by atomic mass is 9.58. The van der Waals surface area contributed by atoms with E-state index in [1.165, 1.54) is 10.5 Å². The number of allylic oxidation sites excluding steroid dienone is 2. The number of amides is 2. The van der Waals surface area contributed by atoms with Crippen molar-refractivity contribution in [1.29, 1.82) is 0 Å². The molecule has 1 aliphatic carbocycles. The van der Waals surface area contributed by atoms with E-state index >= 15 is 0 Å². The minimum absolute atomic E-state index is 0.0911. The lowest BCUT2D eigenvalue weighted by molar-refractivity contribution is -0.140. The fourth-order valence-electron chi connectivity index (χ4n) is 6.99. The number of hydrogen-bond donors (Lipinski definition) is 2. The van der Waals surface area contributed by atoms with Gasteiger partial charge in [0.05, 0.1) is 30.2 Å². The number of phenols is 1. The molecule has 4 atom stereocenters. The zero-order valence-electron chi connectivity index (χ0n) is 23.7. The topological polar surface area (TPSA) is 100.0 Å². The molecule has 42 heavy (non-hydrogen) atoms. The summed E-state index contributed by atoms with van der Waals surface area (Å²) in [5.41, 5.74) is 4.75. The van der Waals surface area contributed by atoms with E-state index in [2.05, 4.69) is 11.9 Å². The molecule has 2 N–H and O–H groups in total. The van der Waals surface area contributed by atoms with E-state index in [0.29, 0.717) is 37.7 Å². The number of likely N-dealkylation sites (tertiary alicyclic amines) is 1. The average Bonchev–Trinajstić information content (AvgIpc) is 3.59. The van der Waals surface area contributed by atoms with E-state index in [4.69, 9.17) is 4.65 Å². The zero-order chi connectivity index (χ0) is 29.2. The van der Waals surface area contributed by atoms with Gasteiger partial charge in [0, 0.05) is 16.6 Å². The highest BCUT2D eigenvalue weighted by molar-refractivity contribution is 7.09. The third kappa shape index (κ3) is 5.61. The van der Waals surface area contributed by atoms with Crippen molar-refractivity contribution in [3.8, 4) is 5.75 Å². The number of imide groups is 1. The van der Waals surface area contributed by atoms with E-state index in [9.17, 15) is 19.7 Å². The Hall–Kier alpha value is -3.53. The van der Waals surface area contributed by atoms with E-state index < -0.39 is 13.0 Å². The number of phenolic OH excluding ortho intramolecular Hbond substituents is 1. The van der Waals surface area contributed by atoms with Gasteiger partial charge in [0.25, 0.3) is 0 Å². The highest BCUT2D eigenvalue weighted by atomic mass is 32.1. The van der Waals surface area contributed by atoms with E-state index in [0.717, 1.165) is 34.6 Å². The maximum Gasteiger partial charge on any atom is 0.455 e. The van der Waals surface area contributed by atoms with Crippen LogP contribution >= 0.6 is 11.3 Å². The summed E-state index contributed by atoms with van der Waals surface area (Å²) in [4.78, 5) is 34.4. The van der Waals surface area contributed by atoms with Crippen molar-refractivity contribution in [2.45, 2.75) is 58.0 Å². The molecule has 2 aromatic heterocycles. The van der Waals surface area contributed by atoms with Crippen molar-refractivity contribution in [3.05, 3.63) is 93.5 Å². The predicted octanol–water partition coefficient (Wildman–Crippen LogP) is 5.97. The minimum Gasteiger partial charge on any atom is -0.507 e. The first kappa shape index (κ1) is 28.6. The molecule has 7 nitrogen and oxygen atoms in total. The number of thiophene rings is 1. The average molecular weight is 583 g/mol. The van der Waals surface area contributed by atoms with Gasteiger partial charge in [-0.3, -0.25) is 19.5 Å². The van der Waals surface area contributed by atoms with Crippen molar-refractivity contribution in [3.63, 3.8) is 0 Å². The fraction of sp³-hybridized carbons (Fsp3) is 0.364. The summed E-state index contributed by atoms with van der Waals surface area (Å²) < 4.78 is 6.21. The molecule has 6 rings (SSSR count). The third-order valence-corrected chi connectivity index (χ3v) is 9.64. The highest BCUT2D eigenvalue weighted by Crippen LogP contribution is 2.51. The number of carbonyl (C=O) groups is 2. The summed E-state index contributed by atoms with van der Waals surface area (Å²) in [5.74, 6) is -1.11. The van der Waals surface area contributed by atoms with Crippen LogP contribution < -0.4 is 0 Å². The molecule has 0 spiro atoms. The summed E-state index contributed by atoms with van der Waals surface area (Å²) in [6.45, 7) is 2.43. The Morgan fingerprint density at radius 3 is 2.69 bits per heavy atom. The molecule has 9 heteroatoms. The predicted molar refractivity (Wildman–Crippen MR) is 164 cm³/mol. The van der Waals surface area contributed by atoms with E-state index in [1.807, 2.05) is 53.9 Å². The molecule has 0 saturated carbocycles. The van der Waals surface area contributed by atoms with Crippen LogP contribution in [0, 0.1) is 17.8 Å². The molecular formula is C33H35BN2O5S. The number of para-hydroxylation sites is 1. The van der Waals surface area contributed by atoms with Crippen LogP contribution in [0.15, 0.2) is 77.3 Å². The number of rotatable bonds is 9. The largest absolute Gasteiger partial charge is 0.507 e. The van der Waals surface area contributed by atoms with Crippen molar-refractivity contribution in [2.75, 3.05) is 0 Å². The van der Waals surface area contributed by atoms with Gasteiger partial charge in [0.1, 0.15) is 5.75 Å². The van der Waals surface area contributed by atoms with Gasteiger partial charge in [-0.25, -0.2) is 0 Å². The van der Waals surface area contributed by atoms with Crippen LogP contribution in [0.4, 0.5) is 0 Å². The molecule has 2 amide bonds. The quantitative estimate of drug-likeness (QED) is 0.183. The Balaban J connectivity index is 1.31. The Morgan fingerprint density at radius 1 is 1.12 bits per heavy atom. The van der Waals surface area contributed by atoms with Crippen LogP contribution in [0.2, 0.25) is 6.32 Å². The number of aromatic hydroxyl groups is 1. The van der Waals surface area contributed by atoms with Gasteiger partial charge in [-0.2, -0.15) is 0 Å². The molecule has 4 heterocycles. The monoisotopic (exact) mass is 582 g/mol. The molecule has 0 unspecified atom stereocenters. The number of benzene rings is 1. The number of nitrogens with zero attached hydrogens (tertiary/aromatic N) is 2. The van der Waals surface area contributed by atoms with Crippen molar-refractivity contribution >= 4 is 41.9 Å². The molecule has 0 bridgehead atoms. The molecular weight excluding hydrogens is 547 g/mol. The van der Waals surface area contributed by atoms with Crippen molar-refractivity contribution in [2.24, 2.45) is 17.8 Å². The highest BCUT2D eigenvalue weighted by Gasteiger charge is 2.57. The first-order chi connectivity index (χ1) is 20.4. The Labute approximate surface area is 250 Å². The van der Waals surface area contributed by atoms with Crippen LogP contribution in [0.25, 0.3) is 11.6 Å². The number of aromatic nitrogens is 1. The van der Waals surface area contributed by atoms with Gasteiger partial charge in [0.2, 0.25) is 11.8 Å². The van der Waals surface area contributed by atoms with Crippen LogP contribution in [0.1, 0.15) is 55.2 Å². The first-order valence-electron chi connectivity index (χ1n) is 14.8. The van der Waals surface area contributed by atoms with Crippen molar-refractivity contribution in [1.82, 2.24) is 9.88 Å². The molecule has 0 radical (unpaired) electrons. The first-order valence-corrected chi connectivity index (χ1v) is 15.7. The number of hydrogen-bond acceptors (Lipinski definition) is 7. The fourth-order valence-corrected chi connectivity index (χ4v) is 7.69. The van der Waals surface area contributed by atoms with E-state index in [-0.39, 0.29) is 35.5 Å². The second kappa shape index (κ2) is 12.4. The molecule has 1 aromatic carbocycles. The van der Waals surface area contributed by atoms with Gasteiger partial charge in [-0.05, 0) is 84.8 Å². The van der Waals surface area contributed by atoms with Crippen LogP contribution in [0.3, 0.4) is 0 Å². The van der Waals surface area contributed by atoms with Crippen LogP contribution in [-0.2, 0) is 20.8 Å². The lowest BCUT2D eigenvalue weighted by Gasteiger charge is -2.43. The Bertz CT molecular complexity index is 1510. The van der Waals surface area contributed by atoms with Gasteiger partial charge in [-0.15, -0.1) is 11.3 Å². The number of pyridine rings is 1. The smallest absolute Gasteiger partial charge is 0.455 e. The SMILES string of the molecule is CCCC1=C2[C@@H](CC/C(=C/c3ccccc3O)c3ccccn3)OB(O)C[C@@H]2[C@@H]2C(=O)N(Cc3cccs3)C(=O)[C@@H]2C1. The number of carbonyl (C=O) groups excluding carboxylic acids is 2. The lowest BCUT2D eigenvalue weighted by Crippen LogP contribution is -2.46. The maximum absolute atomic E-state index is 13.8. The van der Waals surface area contributed by atoms with Gasteiger partial charge in [0.15, 0.2) is 0 Å². The normalized spacial score (nSPS) is 24.3. The van der Waals surface area contributed by atoms with Crippen LogP contribution in [-0.4, -0.2) is 45.1 Å². The second-order valence-corrected chi connectivity index (χ2v) is 12.4. The summed E-state index contributed by atoms with van der Waals surface area (Å²) in [6.07, 6.45) is 7.11. The summed E-state index contributed by atoms with van der Waals surface area (Å²) in [6, 6.07) is 16.8. The third-order valence-electron chi connectivity index (χ3n) is 8.78. The minimum atomic E-state index is -1.01. The molecule has 3 aromatic rings. The van der Waals surface area contributed by atoms with Crippen molar-refractivity contribution < 1.29 is 24.4 Å². The molecule has 2 fully saturated rings. The van der Waals surface area contributed by atoms with E-state index in [1.54, 1.807) is 29.7 Å². The standard InChI is InChI=1S/C33H35BN2O5S/c1-2-8-23-18-25-31(33(39)36(32(25)38)20-24-10-7-16-42-24)26-19-34(40)41-29(30(23)26)14-13-21(27-11-5-6-15-35-27)17-22-9-3-4-12-28(22)37/h3-7,9-12,15-17,25-26,29,31,37,40H,2,8,13-14,18-20H2,1H3/b21-17-/t25-,26+,29-,31-/m1/s1. The molecule has 3 aliphatic rings. The maximum atomic E-state index is 13.8. The van der Waals surface area contributed by atoms with Gasteiger partial charge in [-0.1, -0.05) is 49.2 Å². The Kier molecular flexibility index (Phi) is 8.42. The zero-order valence-corrected chi connectivity index (χ0v) is 24.5. The second-order valence-electron chi connectivity index (χ2n) is 11.4. The molecule has 2 saturated heterocycles. The summed E-state index contributed by atoms with van der Waals surface area (Å²) in [7, 11) is -1.01. The number of fused-ring (bicyclic) bond motifs is 3. The summed E-state index contributed by atoms with van der Waals surface area (Å²) in [5, 5.41) is 23.3. The van der Waals surface area contributed by atoms with Gasteiger partial charge < -0.3 is 14.8 Å². The summed E-state index contributed by atoms with van der Waals surface area (Å²) >= 11 is 1.55.